The van der Waals surface area contributed by atoms with Gasteiger partial charge in [0.15, 0.2) is 5.78 Å². The topological polar surface area (TPSA) is 17.1 Å². The minimum Gasteiger partial charge on any atom is -0.295 e. The quantitative estimate of drug-likeness (QED) is 0.206. The second-order valence-corrected chi connectivity index (χ2v) is 7.87. The summed E-state index contributed by atoms with van der Waals surface area (Å²) in [5.41, 5.74) is 5.94. The molecular formula is C30H51FO. The first-order valence-corrected chi connectivity index (χ1v) is 11.5. The summed E-state index contributed by atoms with van der Waals surface area (Å²) >= 11 is 0. The van der Waals surface area contributed by atoms with E-state index in [-0.39, 0.29) is 5.78 Å². The van der Waals surface area contributed by atoms with Gasteiger partial charge in [0.2, 0.25) is 0 Å². The van der Waals surface area contributed by atoms with Crippen molar-refractivity contribution in [2.75, 3.05) is 0 Å². The van der Waals surface area contributed by atoms with Crippen LogP contribution in [0.25, 0.3) is 0 Å². The van der Waals surface area contributed by atoms with Crippen LogP contribution in [0.4, 0.5) is 4.39 Å². The highest BCUT2D eigenvalue weighted by molar-refractivity contribution is 5.96. The molecule has 0 aliphatic rings. The van der Waals surface area contributed by atoms with Gasteiger partial charge < -0.3 is 0 Å². The molecule has 0 aliphatic heterocycles. The van der Waals surface area contributed by atoms with Crippen LogP contribution in [0.5, 0.6) is 0 Å². The summed E-state index contributed by atoms with van der Waals surface area (Å²) in [5, 5.41) is 0. The maximum absolute atomic E-state index is 13.1. The molecule has 0 N–H and O–H groups in total. The van der Waals surface area contributed by atoms with E-state index in [1.165, 1.54) is 30.6 Å². The highest BCUT2D eigenvalue weighted by Crippen LogP contribution is 2.29. The van der Waals surface area contributed by atoms with Crippen LogP contribution < -0.4 is 0 Å². The predicted octanol–water partition coefficient (Wildman–Crippen LogP) is 10.3. The van der Waals surface area contributed by atoms with Gasteiger partial charge in [-0.2, -0.15) is 0 Å². The van der Waals surface area contributed by atoms with Gasteiger partial charge in [0, 0.05) is 5.57 Å². The zero-order chi connectivity index (χ0) is 26.6. The standard InChI is InChI=1S/C15H26.C11H15FO.C2H6.C2H4/c1-8-10-13(6)14(7)15(11(3)4)12(5)9-2;1-7(2)10(9(5)13)6-11(12)8(3)4;2*1-2/h8,10-12H,1,9H2,2-7H3;6H,3H2,1-2,4-5H3;1-2H3;1-2H2/b13-10-,15-14-;11-6+;;. The lowest BCUT2D eigenvalue weighted by Gasteiger charge is -2.22. The van der Waals surface area contributed by atoms with Crippen LogP contribution in [-0.4, -0.2) is 5.78 Å². The molecule has 0 rings (SSSR count). The molecule has 1 atom stereocenters. The molecule has 0 amide bonds. The molecule has 1 unspecified atom stereocenters. The molecule has 0 aromatic carbocycles. The van der Waals surface area contributed by atoms with Crippen LogP contribution in [0.1, 0.15) is 89.5 Å². The SMILES string of the molecule is C=C.C=C(C)/C(F)=C\C(C(C)=O)=C(C)C.C=C/C=C(C)\C(C)=C(\C(C)C)C(C)CC.CC. The van der Waals surface area contributed by atoms with Crippen molar-refractivity contribution < 1.29 is 9.18 Å². The molecular weight excluding hydrogens is 395 g/mol. The minimum atomic E-state index is -0.439. The molecule has 0 heterocycles. The van der Waals surface area contributed by atoms with Crippen LogP contribution in [0.3, 0.4) is 0 Å². The van der Waals surface area contributed by atoms with Gasteiger partial charge in [-0.05, 0) is 82.6 Å². The maximum atomic E-state index is 13.1. The van der Waals surface area contributed by atoms with E-state index in [0.717, 1.165) is 5.57 Å². The van der Waals surface area contributed by atoms with Crippen molar-refractivity contribution in [3.63, 3.8) is 0 Å². The lowest BCUT2D eigenvalue weighted by atomic mass is 9.84. The van der Waals surface area contributed by atoms with E-state index in [4.69, 9.17) is 0 Å². The van der Waals surface area contributed by atoms with E-state index in [2.05, 4.69) is 73.9 Å². The van der Waals surface area contributed by atoms with Crippen molar-refractivity contribution in [3.8, 4) is 0 Å². The van der Waals surface area contributed by atoms with Crippen LogP contribution in [0.2, 0.25) is 0 Å². The Kier molecular flexibility index (Phi) is 25.5. The number of hydrogen-bond donors (Lipinski definition) is 0. The van der Waals surface area contributed by atoms with Gasteiger partial charge in [0.25, 0.3) is 0 Å². The molecule has 0 radical (unpaired) electrons. The summed E-state index contributed by atoms with van der Waals surface area (Å²) in [6, 6.07) is 0. The van der Waals surface area contributed by atoms with Crippen molar-refractivity contribution in [2.45, 2.75) is 89.5 Å². The summed E-state index contributed by atoms with van der Waals surface area (Å²) in [6.07, 6.45) is 6.42. The second-order valence-electron chi connectivity index (χ2n) is 7.87. The van der Waals surface area contributed by atoms with E-state index in [0.29, 0.717) is 23.0 Å². The van der Waals surface area contributed by atoms with Gasteiger partial charge in [-0.3, -0.25) is 4.79 Å². The Balaban J connectivity index is -0.000000213. The Bertz CT molecular complexity index is 692. The highest BCUT2D eigenvalue weighted by atomic mass is 19.1. The van der Waals surface area contributed by atoms with Crippen molar-refractivity contribution in [3.05, 3.63) is 83.8 Å². The van der Waals surface area contributed by atoms with Gasteiger partial charge >= 0.3 is 0 Å². The van der Waals surface area contributed by atoms with E-state index >= 15 is 0 Å². The molecule has 0 spiro atoms. The van der Waals surface area contributed by atoms with Crippen molar-refractivity contribution in [1.82, 2.24) is 0 Å². The number of allylic oxidation sites excluding steroid dienone is 10. The Morgan fingerprint density at radius 3 is 1.66 bits per heavy atom. The van der Waals surface area contributed by atoms with Crippen LogP contribution >= 0.6 is 0 Å². The van der Waals surface area contributed by atoms with Crippen LogP contribution in [-0.2, 0) is 4.79 Å². The van der Waals surface area contributed by atoms with E-state index in [1.54, 1.807) is 26.3 Å². The fourth-order valence-electron chi connectivity index (χ4n) is 2.97. The van der Waals surface area contributed by atoms with Gasteiger partial charge in [0.05, 0.1) is 0 Å². The van der Waals surface area contributed by atoms with E-state index in [1.807, 2.05) is 19.9 Å². The first kappa shape index (κ1) is 37.1. The summed E-state index contributed by atoms with van der Waals surface area (Å²) in [6.45, 7) is 37.3. The molecule has 0 aromatic rings. The molecule has 0 saturated carbocycles. The lowest BCUT2D eigenvalue weighted by molar-refractivity contribution is -0.113. The fourth-order valence-corrected chi connectivity index (χ4v) is 2.97. The predicted molar refractivity (Wildman–Crippen MR) is 147 cm³/mol. The third-order valence-electron chi connectivity index (χ3n) is 4.75. The number of carbonyl (C=O) groups excluding carboxylic acids is 1. The average Bonchev–Trinajstić information content (AvgIpc) is 2.74. The summed E-state index contributed by atoms with van der Waals surface area (Å²) in [5.74, 6) is 0.745. The van der Waals surface area contributed by atoms with Crippen molar-refractivity contribution in [2.24, 2.45) is 11.8 Å². The summed E-state index contributed by atoms with van der Waals surface area (Å²) < 4.78 is 13.1. The molecule has 0 aliphatic carbocycles. The highest BCUT2D eigenvalue weighted by Gasteiger charge is 2.14. The summed E-state index contributed by atoms with van der Waals surface area (Å²) in [7, 11) is 0. The number of hydrogen-bond acceptors (Lipinski definition) is 1. The van der Waals surface area contributed by atoms with E-state index in [9.17, 15) is 9.18 Å². The number of halogens is 1. The lowest BCUT2D eigenvalue weighted by Crippen LogP contribution is -2.08. The smallest absolute Gasteiger partial charge is 0.159 e. The van der Waals surface area contributed by atoms with Gasteiger partial charge in [0.1, 0.15) is 5.83 Å². The average molecular weight is 447 g/mol. The molecule has 0 fully saturated rings. The molecule has 1 nitrogen and oxygen atoms in total. The molecule has 0 bridgehead atoms. The van der Waals surface area contributed by atoms with E-state index < -0.39 is 5.83 Å². The molecule has 184 valence electrons. The molecule has 0 aromatic heterocycles. The first-order chi connectivity index (χ1) is 14.8. The van der Waals surface area contributed by atoms with Crippen molar-refractivity contribution in [1.29, 1.82) is 0 Å². The Hall–Kier alpha value is -2.22. The number of ketones is 1. The third-order valence-corrected chi connectivity index (χ3v) is 4.75. The second kappa shape index (κ2) is 22.0. The number of rotatable bonds is 8. The summed E-state index contributed by atoms with van der Waals surface area (Å²) in [4.78, 5) is 11.0. The first-order valence-electron chi connectivity index (χ1n) is 11.5. The van der Waals surface area contributed by atoms with Gasteiger partial charge in [-0.15, -0.1) is 13.2 Å². The minimum absolute atomic E-state index is 0.128. The number of Topliss-reactive ketones (excluding diaryl/α,β-unsaturated/α-hetero) is 1. The normalized spacial score (nSPS) is 12.4. The largest absolute Gasteiger partial charge is 0.295 e. The van der Waals surface area contributed by atoms with Crippen molar-refractivity contribution >= 4 is 5.78 Å². The molecule has 0 saturated heterocycles. The fraction of sp³-hybridized carbons (Fsp3) is 0.500. The molecule has 32 heavy (non-hydrogen) atoms. The Morgan fingerprint density at radius 1 is 0.969 bits per heavy atom. The van der Waals surface area contributed by atoms with Crippen LogP contribution in [0, 0.1) is 11.8 Å². The van der Waals surface area contributed by atoms with Gasteiger partial charge in [-0.25, -0.2) is 4.39 Å². The van der Waals surface area contributed by atoms with Gasteiger partial charge in [-0.1, -0.05) is 78.0 Å². The monoisotopic (exact) mass is 446 g/mol. The zero-order valence-electron chi connectivity index (χ0n) is 23.2. The molecule has 2 heteroatoms. The third kappa shape index (κ3) is 16.5. The maximum Gasteiger partial charge on any atom is 0.159 e. The Morgan fingerprint density at radius 2 is 1.41 bits per heavy atom. The zero-order valence-corrected chi connectivity index (χ0v) is 23.2. The Labute approximate surface area is 200 Å². The van der Waals surface area contributed by atoms with Crippen LogP contribution in [0.15, 0.2) is 83.8 Å². The number of carbonyl (C=O) groups is 1.